The number of amides is 1. The minimum Gasteiger partial charge on any atom is -0.379 e. The van der Waals surface area contributed by atoms with Gasteiger partial charge in [-0.2, -0.15) is 9.29 Å². The van der Waals surface area contributed by atoms with Crippen molar-refractivity contribution >= 4 is 15.9 Å². The first kappa shape index (κ1) is 21.2. The lowest BCUT2D eigenvalue weighted by atomic mass is 10.1. The fraction of sp³-hybridized carbons (Fsp3) is 0.286. The lowest BCUT2D eigenvalue weighted by Crippen LogP contribution is -2.40. The first-order valence-corrected chi connectivity index (χ1v) is 11.2. The summed E-state index contributed by atoms with van der Waals surface area (Å²) in [6.07, 6.45) is 0. The van der Waals surface area contributed by atoms with E-state index in [9.17, 15) is 13.2 Å². The van der Waals surface area contributed by atoms with Crippen LogP contribution in [0.25, 0.3) is 11.4 Å². The average molecular weight is 442 g/mol. The topological polar surface area (TPSA) is 115 Å². The van der Waals surface area contributed by atoms with Crippen molar-refractivity contribution in [3.63, 3.8) is 0 Å². The van der Waals surface area contributed by atoms with Gasteiger partial charge in [0.2, 0.25) is 21.7 Å². The van der Waals surface area contributed by atoms with Gasteiger partial charge in [-0.05, 0) is 24.6 Å². The van der Waals surface area contributed by atoms with Gasteiger partial charge < -0.3 is 14.6 Å². The maximum Gasteiger partial charge on any atom is 0.252 e. The summed E-state index contributed by atoms with van der Waals surface area (Å²) in [7, 11) is -3.70. The predicted octanol–water partition coefficient (Wildman–Crippen LogP) is 2.00. The van der Waals surface area contributed by atoms with Crippen molar-refractivity contribution in [1.29, 1.82) is 0 Å². The number of nitrogens with one attached hydrogen (secondary N) is 1. The van der Waals surface area contributed by atoms with Crippen LogP contribution in [0, 0.1) is 6.92 Å². The molecule has 0 aliphatic carbocycles. The van der Waals surface area contributed by atoms with E-state index in [1.165, 1.54) is 16.4 Å². The number of benzene rings is 2. The summed E-state index contributed by atoms with van der Waals surface area (Å²) in [5.74, 6) is 0.262. The second kappa shape index (κ2) is 8.96. The normalized spacial score (nSPS) is 15.0. The Morgan fingerprint density at radius 3 is 2.61 bits per heavy atom. The van der Waals surface area contributed by atoms with Crippen molar-refractivity contribution in [2.24, 2.45) is 0 Å². The minimum absolute atomic E-state index is 0.0263. The molecule has 162 valence electrons. The summed E-state index contributed by atoms with van der Waals surface area (Å²) in [5.41, 5.74) is 1.74. The maximum absolute atomic E-state index is 12.9. The van der Waals surface area contributed by atoms with Crippen molar-refractivity contribution in [3.8, 4) is 11.4 Å². The number of carbonyl (C=O) groups excluding carboxylic acids is 1. The minimum atomic E-state index is -3.70. The van der Waals surface area contributed by atoms with Crippen LogP contribution in [0.4, 0.5) is 0 Å². The molecule has 1 saturated heterocycles. The molecule has 0 saturated carbocycles. The maximum atomic E-state index is 12.9. The van der Waals surface area contributed by atoms with Crippen molar-refractivity contribution in [3.05, 3.63) is 65.5 Å². The third-order valence-electron chi connectivity index (χ3n) is 4.96. The Bertz CT molecular complexity index is 1170. The lowest BCUT2D eigenvalue weighted by Gasteiger charge is -2.26. The molecule has 1 fully saturated rings. The van der Waals surface area contributed by atoms with Gasteiger partial charge in [0.05, 0.1) is 24.7 Å². The third kappa shape index (κ3) is 4.66. The molecular formula is C21H22N4O5S. The molecule has 1 aromatic heterocycles. The quantitative estimate of drug-likeness (QED) is 0.621. The Hall–Kier alpha value is -3.08. The molecule has 31 heavy (non-hydrogen) atoms. The van der Waals surface area contributed by atoms with Crippen LogP contribution >= 0.6 is 0 Å². The highest BCUT2D eigenvalue weighted by atomic mass is 32.2. The molecule has 0 spiro atoms. The summed E-state index contributed by atoms with van der Waals surface area (Å²) in [6, 6.07) is 13.9. The van der Waals surface area contributed by atoms with Gasteiger partial charge in [0, 0.05) is 24.2 Å². The van der Waals surface area contributed by atoms with E-state index in [0.717, 1.165) is 5.56 Å². The second-order valence-electron chi connectivity index (χ2n) is 7.05. The molecule has 1 amide bonds. The van der Waals surface area contributed by atoms with Crippen molar-refractivity contribution < 1.29 is 22.5 Å². The Morgan fingerprint density at radius 2 is 1.87 bits per heavy atom. The number of hydrogen-bond donors (Lipinski definition) is 1. The van der Waals surface area contributed by atoms with Gasteiger partial charge in [-0.25, -0.2) is 8.42 Å². The van der Waals surface area contributed by atoms with E-state index in [0.29, 0.717) is 37.7 Å². The molecule has 3 aromatic rings. The van der Waals surface area contributed by atoms with Crippen LogP contribution in [0.2, 0.25) is 0 Å². The monoisotopic (exact) mass is 442 g/mol. The van der Waals surface area contributed by atoms with Crippen LogP contribution < -0.4 is 5.32 Å². The number of hydrogen-bond acceptors (Lipinski definition) is 7. The molecule has 0 atom stereocenters. The van der Waals surface area contributed by atoms with Crippen LogP contribution in [-0.2, 0) is 21.3 Å². The van der Waals surface area contributed by atoms with Crippen LogP contribution in [0.3, 0.4) is 0 Å². The Kier molecular flexibility index (Phi) is 6.12. The number of rotatable bonds is 6. The molecule has 1 aliphatic rings. The lowest BCUT2D eigenvalue weighted by molar-refractivity contribution is 0.0730. The highest BCUT2D eigenvalue weighted by Gasteiger charge is 2.27. The van der Waals surface area contributed by atoms with E-state index in [-0.39, 0.29) is 22.9 Å². The number of sulfonamides is 1. The van der Waals surface area contributed by atoms with Crippen LogP contribution in [0.15, 0.2) is 57.9 Å². The third-order valence-corrected chi connectivity index (χ3v) is 6.86. The predicted molar refractivity (Wildman–Crippen MR) is 112 cm³/mol. The summed E-state index contributed by atoms with van der Waals surface area (Å²) in [4.78, 5) is 17.1. The van der Waals surface area contributed by atoms with Crippen LogP contribution in [-0.4, -0.2) is 55.1 Å². The van der Waals surface area contributed by atoms with E-state index in [1.807, 2.05) is 30.3 Å². The van der Waals surface area contributed by atoms with Gasteiger partial charge >= 0.3 is 0 Å². The fourth-order valence-electron chi connectivity index (χ4n) is 3.22. The first-order chi connectivity index (χ1) is 14.9. The van der Waals surface area contributed by atoms with Gasteiger partial charge in [0.25, 0.3) is 5.91 Å². The van der Waals surface area contributed by atoms with Crippen LogP contribution in [0.1, 0.15) is 21.8 Å². The SMILES string of the molecule is Cc1ccc(S(=O)(=O)N2CCOCC2)cc1C(=O)NCc1nc(-c2ccccc2)no1. The molecule has 0 unspecified atom stereocenters. The molecule has 1 aliphatic heterocycles. The Morgan fingerprint density at radius 1 is 1.13 bits per heavy atom. The molecule has 10 heteroatoms. The number of aryl methyl sites for hydroxylation is 1. The zero-order chi connectivity index (χ0) is 21.8. The molecule has 0 radical (unpaired) electrons. The molecule has 2 heterocycles. The van der Waals surface area contributed by atoms with Gasteiger partial charge in [-0.15, -0.1) is 0 Å². The summed E-state index contributed by atoms with van der Waals surface area (Å²) >= 11 is 0. The number of ether oxygens (including phenoxy) is 1. The van der Waals surface area contributed by atoms with E-state index >= 15 is 0 Å². The summed E-state index contributed by atoms with van der Waals surface area (Å²) in [5, 5.41) is 6.64. The first-order valence-electron chi connectivity index (χ1n) is 9.80. The second-order valence-corrected chi connectivity index (χ2v) is 8.99. The van der Waals surface area contributed by atoms with Gasteiger partial charge in [-0.1, -0.05) is 41.6 Å². The Labute approximate surface area is 180 Å². The van der Waals surface area contributed by atoms with E-state index < -0.39 is 15.9 Å². The standard InChI is InChI=1S/C21H22N4O5S/c1-15-7-8-17(31(27,28)25-9-11-29-12-10-25)13-18(15)21(26)22-14-19-23-20(24-30-19)16-5-3-2-4-6-16/h2-8,13H,9-12,14H2,1H3,(H,22,26). The van der Waals surface area contributed by atoms with E-state index in [1.54, 1.807) is 13.0 Å². The average Bonchev–Trinajstić information content (AvgIpc) is 3.28. The molecule has 9 nitrogen and oxygen atoms in total. The summed E-state index contributed by atoms with van der Waals surface area (Å²) < 4.78 is 37.6. The largest absolute Gasteiger partial charge is 0.379 e. The fourth-order valence-corrected chi connectivity index (χ4v) is 4.66. The van der Waals surface area contributed by atoms with Crippen molar-refractivity contribution in [2.45, 2.75) is 18.4 Å². The zero-order valence-electron chi connectivity index (χ0n) is 16.9. The zero-order valence-corrected chi connectivity index (χ0v) is 17.8. The van der Waals surface area contributed by atoms with Gasteiger partial charge in [0.1, 0.15) is 0 Å². The molecule has 2 aromatic carbocycles. The van der Waals surface area contributed by atoms with Gasteiger partial charge in [-0.3, -0.25) is 4.79 Å². The van der Waals surface area contributed by atoms with E-state index in [4.69, 9.17) is 9.26 Å². The smallest absolute Gasteiger partial charge is 0.252 e. The summed E-state index contributed by atoms with van der Waals surface area (Å²) in [6.45, 7) is 3.07. The molecule has 0 bridgehead atoms. The van der Waals surface area contributed by atoms with Crippen molar-refractivity contribution in [1.82, 2.24) is 19.8 Å². The number of morpholine rings is 1. The molecular weight excluding hydrogens is 420 g/mol. The molecule has 4 rings (SSSR count). The number of aromatic nitrogens is 2. The highest BCUT2D eigenvalue weighted by Crippen LogP contribution is 2.21. The van der Waals surface area contributed by atoms with Crippen LogP contribution in [0.5, 0.6) is 0 Å². The molecule has 1 N–H and O–H groups in total. The number of carbonyl (C=O) groups is 1. The van der Waals surface area contributed by atoms with Gasteiger partial charge in [0.15, 0.2) is 0 Å². The van der Waals surface area contributed by atoms with E-state index in [2.05, 4.69) is 15.5 Å². The highest BCUT2D eigenvalue weighted by molar-refractivity contribution is 7.89. The Balaban J connectivity index is 1.47. The number of nitrogens with zero attached hydrogens (tertiary/aromatic N) is 3. The van der Waals surface area contributed by atoms with Crippen molar-refractivity contribution in [2.75, 3.05) is 26.3 Å².